The zero-order valence-electron chi connectivity index (χ0n) is 12.0. The maximum atomic E-state index is 12.6. The highest BCUT2D eigenvalue weighted by Crippen LogP contribution is 2.32. The number of aromatic nitrogens is 2. The minimum atomic E-state index is -4.11. The van der Waals surface area contributed by atoms with Gasteiger partial charge >= 0.3 is 6.61 Å². The number of hydrogen-bond donors (Lipinski definition) is 2. The molecule has 0 radical (unpaired) electrons. The molecule has 3 aromatic rings. The van der Waals surface area contributed by atoms with Gasteiger partial charge in [0.25, 0.3) is 15.9 Å². The molecule has 0 fully saturated rings. The number of anilines is 1. The van der Waals surface area contributed by atoms with Gasteiger partial charge in [0.2, 0.25) is 0 Å². The van der Waals surface area contributed by atoms with Gasteiger partial charge in [0, 0.05) is 22.1 Å². The van der Waals surface area contributed by atoms with Crippen LogP contribution in [-0.2, 0) is 10.0 Å². The van der Waals surface area contributed by atoms with Gasteiger partial charge < -0.3 is 14.2 Å². The van der Waals surface area contributed by atoms with Gasteiger partial charge in [0.15, 0.2) is 11.4 Å². The number of ether oxygens (including phenoxy) is 1. The first-order chi connectivity index (χ1) is 11.3. The number of nitrogens with zero attached hydrogens (tertiary/aromatic N) is 1. The summed E-state index contributed by atoms with van der Waals surface area (Å²) in [5.74, 6) is -0.661. The van der Waals surface area contributed by atoms with Crippen molar-refractivity contribution >= 4 is 38.2 Å². The van der Waals surface area contributed by atoms with Crippen LogP contribution < -0.4 is 9.46 Å². The van der Waals surface area contributed by atoms with E-state index in [1.165, 1.54) is 25.3 Å². The smallest absolute Gasteiger partial charge is 0.388 e. The monoisotopic (exact) mass is 377 g/mol. The largest absolute Gasteiger partial charge is 0.412 e. The standard InChI is InChI=1S/C13H10ClF2N3O4S/c1-6-11(12(18-23-6)22-13(15)16)19-24(20,21)10-5-17-9-4-7(14)2-3-8(9)10/h2-5,13,17,19H,1H3. The van der Waals surface area contributed by atoms with Crippen LogP contribution in [0.4, 0.5) is 14.5 Å². The molecule has 0 amide bonds. The number of halogens is 3. The van der Waals surface area contributed by atoms with Crippen LogP contribution in [0.1, 0.15) is 5.76 Å². The molecule has 0 spiro atoms. The second kappa shape index (κ2) is 5.95. The summed E-state index contributed by atoms with van der Waals surface area (Å²) in [5, 5.41) is 4.09. The van der Waals surface area contributed by atoms with E-state index in [1.54, 1.807) is 6.07 Å². The van der Waals surface area contributed by atoms with Crippen LogP contribution in [0.2, 0.25) is 5.02 Å². The van der Waals surface area contributed by atoms with Gasteiger partial charge in [-0.3, -0.25) is 4.72 Å². The second-order valence-corrected chi connectivity index (χ2v) is 6.83. The van der Waals surface area contributed by atoms with Crippen molar-refractivity contribution in [1.29, 1.82) is 0 Å². The molecule has 2 aromatic heterocycles. The summed E-state index contributed by atoms with van der Waals surface area (Å²) in [6.07, 6.45) is 1.26. The van der Waals surface area contributed by atoms with E-state index in [4.69, 9.17) is 16.1 Å². The van der Waals surface area contributed by atoms with Crippen molar-refractivity contribution in [1.82, 2.24) is 10.1 Å². The summed E-state index contributed by atoms with van der Waals surface area (Å²) >= 11 is 5.85. The van der Waals surface area contributed by atoms with Crippen LogP contribution in [0.25, 0.3) is 10.9 Å². The van der Waals surface area contributed by atoms with Crippen molar-refractivity contribution in [2.75, 3.05) is 4.72 Å². The van der Waals surface area contributed by atoms with Gasteiger partial charge in [-0.1, -0.05) is 11.6 Å². The maximum absolute atomic E-state index is 12.6. The second-order valence-electron chi connectivity index (χ2n) is 4.75. The average Bonchev–Trinajstić information content (AvgIpc) is 3.04. The predicted octanol–water partition coefficient (Wildman–Crippen LogP) is 3.52. The van der Waals surface area contributed by atoms with Gasteiger partial charge in [-0.25, -0.2) is 8.42 Å². The lowest BCUT2D eigenvalue weighted by atomic mass is 10.2. The van der Waals surface area contributed by atoms with Crippen molar-refractivity contribution in [2.45, 2.75) is 18.4 Å². The molecule has 2 heterocycles. The van der Waals surface area contributed by atoms with E-state index in [-0.39, 0.29) is 16.3 Å². The fraction of sp³-hybridized carbons (Fsp3) is 0.154. The first kappa shape index (κ1) is 16.5. The first-order valence-corrected chi connectivity index (χ1v) is 8.34. The van der Waals surface area contributed by atoms with Crippen molar-refractivity contribution < 1.29 is 26.5 Å². The third kappa shape index (κ3) is 3.02. The number of benzene rings is 1. The van der Waals surface area contributed by atoms with E-state index >= 15 is 0 Å². The number of nitrogens with one attached hydrogen (secondary N) is 2. The molecule has 0 saturated carbocycles. The number of aryl methyl sites for hydroxylation is 1. The lowest BCUT2D eigenvalue weighted by Crippen LogP contribution is -2.14. The van der Waals surface area contributed by atoms with Crippen LogP contribution in [0.3, 0.4) is 0 Å². The van der Waals surface area contributed by atoms with Crippen LogP contribution in [0.5, 0.6) is 5.88 Å². The number of sulfonamides is 1. The molecule has 0 unspecified atom stereocenters. The molecule has 3 rings (SSSR count). The van der Waals surface area contributed by atoms with Crippen molar-refractivity contribution in [3.05, 3.63) is 35.2 Å². The predicted molar refractivity (Wildman–Crippen MR) is 82.0 cm³/mol. The molecule has 128 valence electrons. The molecule has 0 aliphatic heterocycles. The van der Waals surface area contributed by atoms with Crippen molar-refractivity contribution in [2.24, 2.45) is 0 Å². The fourth-order valence-electron chi connectivity index (χ4n) is 2.12. The third-order valence-corrected chi connectivity index (χ3v) is 4.79. The van der Waals surface area contributed by atoms with E-state index in [0.29, 0.717) is 15.9 Å². The molecular formula is C13H10ClF2N3O4S. The molecule has 0 saturated heterocycles. The highest BCUT2D eigenvalue weighted by atomic mass is 35.5. The van der Waals surface area contributed by atoms with E-state index in [0.717, 1.165) is 0 Å². The minimum Gasteiger partial charge on any atom is -0.412 e. The highest BCUT2D eigenvalue weighted by Gasteiger charge is 2.26. The minimum absolute atomic E-state index is 0.0166. The summed E-state index contributed by atoms with van der Waals surface area (Å²) in [6, 6.07) is 4.62. The highest BCUT2D eigenvalue weighted by molar-refractivity contribution is 7.93. The molecular weight excluding hydrogens is 368 g/mol. The SMILES string of the molecule is Cc1onc(OC(F)F)c1NS(=O)(=O)c1c[nH]c2cc(Cl)ccc12. The fourth-order valence-corrected chi connectivity index (χ4v) is 3.58. The average molecular weight is 378 g/mol. The van der Waals surface area contributed by atoms with E-state index in [1.807, 2.05) is 0 Å². The van der Waals surface area contributed by atoms with E-state index in [9.17, 15) is 17.2 Å². The summed E-state index contributed by atoms with van der Waals surface area (Å²) < 4.78 is 60.9. The van der Waals surface area contributed by atoms with Crippen LogP contribution >= 0.6 is 11.6 Å². The number of hydrogen-bond acceptors (Lipinski definition) is 5. The lowest BCUT2D eigenvalue weighted by molar-refractivity contribution is -0.0541. The topological polar surface area (TPSA) is 97.2 Å². The molecule has 0 bridgehead atoms. The van der Waals surface area contributed by atoms with Gasteiger partial charge in [-0.05, 0) is 30.3 Å². The quantitative estimate of drug-likeness (QED) is 0.709. The van der Waals surface area contributed by atoms with Crippen LogP contribution in [0.15, 0.2) is 33.8 Å². The number of rotatable bonds is 5. The van der Waals surface area contributed by atoms with Gasteiger partial charge in [0.05, 0.1) is 0 Å². The summed E-state index contributed by atoms with van der Waals surface area (Å²) in [5.41, 5.74) is 0.215. The molecule has 11 heteroatoms. The van der Waals surface area contributed by atoms with Crippen LogP contribution in [-0.4, -0.2) is 25.2 Å². The lowest BCUT2D eigenvalue weighted by Gasteiger charge is -2.08. The summed E-state index contributed by atoms with van der Waals surface area (Å²) in [6.45, 7) is -1.81. The number of alkyl halides is 2. The number of H-pyrrole nitrogens is 1. The zero-order valence-corrected chi connectivity index (χ0v) is 13.6. The van der Waals surface area contributed by atoms with E-state index < -0.39 is 22.5 Å². The molecule has 0 aliphatic carbocycles. The Balaban J connectivity index is 2.01. The van der Waals surface area contributed by atoms with Crippen LogP contribution in [0, 0.1) is 6.92 Å². The zero-order chi connectivity index (χ0) is 17.5. The molecule has 2 N–H and O–H groups in total. The Morgan fingerprint density at radius 2 is 2.17 bits per heavy atom. The summed E-state index contributed by atoms with van der Waals surface area (Å²) in [7, 11) is -4.11. The Morgan fingerprint density at radius 3 is 2.88 bits per heavy atom. The molecule has 0 aliphatic rings. The number of aromatic amines is 1. The number of fused-ring (bicyclic) bond motifs is 1. The Labute approximate surface area is 139 Å². The van der Waals surface area contributed by atoms with Gasteiger partial charge in [-0.2, -0.15) is 8.78 Å². The Morgan fingerprint density at radius 1 is 1.42 bits per heavy atom. The molecule has 0 atom stereocenters. The molecule has 7 nitrogen and oxygen atoms in total. The summed E-state index contributed by atoms with van der Waals surface area (Å²) in [4.78, 5) is 2.70. The third-order valence-electron chi connectivity index (χ3n) is 3.16. The Bertz CT molecular complexity index is 1000. The Hall–Kier alpha value is -2.33. The normalized spacial score (nSPS) is 12.0. The molecule has 1 aromatic carbocycles. The molecule has 24 heavy (non-hydrogen) atoms. The first-order valence-electron chi connectivity index (χ1n) is 6.48. The maximum Gasteiger partial charge on any atom is 0.388 e. The van der Waals surface area contributed by atoms with Gasteiger partial charge in [-0.15, -0.1) is 0 Å². The van der Waals surface area contributed by atoms with E-state index in [2.05, 4.69) is 19.6 Å². The van der Waals surface area contributed by atoms with Gasteiger partial charge in [0.1, 0.15) is 4.90 Å². The van der Waals surface area contributed by atoms with Crippen molar-refractivity contribution in [3.8, 4) is 5.88 Å². The Kier molecular flexibility index (Phi) is 4.10. The van der Waals surface area contributed by atoms with Crippen molar-refractivity contribution in [3.63, 3.8) is 0 Å².